The first-order chi connectivity index (χ1) is 5.24. The Hall–Kier alpha value is -1.03. The molecule has 1 N–H and O–H groups in total. The molecule has 0 unspecified atom stereocenters. The first-order valence-electron chi connectivity index (χ1n) is 3.08. The lowest BCUT2D eigenvalue weighted by Gasteiger charge is -1.98. The van der Waals surface area contributed by atoms with Crippen molar-refractivity contribution < 1.29 is 13.9 Å². The number of pyridine rings is 1. The number of aromatic nitrogens is 1. The molecule has 1 aromatic heterocycles. The molecule has 0 radical (unpaired) electrons. The highest BCUT2D eigenvalue weighted by atomic mass is 19.3. The smallest absolute Gasteiger partial charge is 0.280 e. The summed E-state index contributed by atoms with van der Waals surface area (Å²) < 4.78 is 23.8. The third-order valence-electron chi connectivity index (χ3n) is 1.25. The van der Waals surface area contributed by atoms with Gasteiger partial charge in [-0.2, -0.15) is 0 Å². The Morgan fingerprint density at radius 1 is 1.45 bits per heavy atom. The van der Waals surface area contributed by atoms with Gasteiger partial charge in [-0.25, -0.2) is 8.78 Å². The van der Waals surface area contributed by atoms with Crippen LogP contribution in [-0.2, 0) is 6.61 Å². The summed E-state index contributed by atoms with van der Waals surface area (Å²) in [7, 11) is 0. The number of aliphatic hydroxyl groups excluding tert-OH is 1. The van der Waals surface area contributed by atoms with E-state index in [9.17, 15) is 8.78 Å². The van der Waals surface area contributed by atoms with Gasteiger partial charge in [0.15, 0.2) is 0 Å². The van der Waals surface area contributed by atoms with E-state index in [1.807, 2.05) is 0 Å². The number of hydrogen-bond acceptors (Lipinski definition) is 2. The van der Waals surface area contributed by atoms with Crippen LogP contribution in [0.15, 0.2) is 18.3 Å². The molecule has 0 bridgehead atoms. The van der Waals surface area contributed by atoms with Crippen LogP contribution in [0.5, 0.6) is 0 Å². The van der Waals surface area contributed by atoms with Gasteiger partial charge in [-0.05, 0) is 11.6 Å². The van der Waals surface area contributed by atoms with E-state index >= 15 is 0 Å². The second-order valence-corrected chi connectivity index (χ2v) is 2.05. The van der Waals surface area contributed by atoms with Gasteiger partial charge < -0.3 is 5.11 Å². The molecule has 60 valence electrons. The number of hydrogen-bond donors (Lipinski definition) is 1. The zero-order chi connectivity index (χ0) is 8.27. The summed E-state index contributed by atoms with van der Waals surface area (Å²) in [6, 6.07) is 2.63. The Bertz CT molecular complexity index is 222. The molecule has 0 aliphatic carbocycles. The lowest BCUT2D eigenvalue weighted by Crippen LogP contribution is -1.91. The second kappa shape index (κ2) is 3.39. The fourth-order valence-corrected chi connectivity index (χ4v) is 0.659. The third kappa shape index (κ3) is 1.94. The first-order valence-corrected chi connectivity index (χ1v) is 3.08. The van der Waals surface area contributed by atoms with Gasteiger partial charge in [0.05, 0.1) is 6.61 Å². The molecule has 1 rings (SSSR count). The van der Waals surface area contributed by atoms with Crippen molar-refractivity contribution in [3.8, 4) is 0 Å². The van der Waals surface area contributed by atoms with Crippen molar-refractivity contribution >= 4 is 0 Å². The van der Waals surface area contributed by atoms with Crippen molar-refractivity contribution in [3.05, 3.63) is 29.6 Å². The molecule has 1 aromatic rings. The van der Waals surface area contributed by atoms with Crippen molar-refractivity contribution in [2.75, 3.05) is 0 Å². The van der Waals surface area contributed by atoms with Crippen molar-refractivity contribution in [2.45, 2.75) is 13.0 Å². The Morgan fingerprint density at radius 3 is 2.55 bits per heavy atom. The summed E-state index contributed by atoms with van der Waals surface area (Å²) in [5.41, 5.74) is 0.275. The molecule has 0 saturated carbocycles. The average molecular weight is 159 g/mol. The number of rotatable bonds is 2. The van der Waals surface area contributed by atoms with E-state index in [1.54, 1.807) is 0 Å². The quantitative estimate of drug-likeness (QED) is 0.709. The van der Waals surface area contributed by atoms with E-state index in [-0.39, 0.29) is 12.3 Å². The van der Waals surface area contributed by atoms with Crippen LogP contribution in [0.4, 0.5) is 8.78 Å². The van der Waals surface area contributed by atoms with Crippen LogP contribution in [0, 0.1) is 0 Å². The summed E-state index contributed by atoms with van der Waals surface area (Å²) in [6.07, 6.45) is -1.30. The Morgan fingerprint density at radius 2 is 2.18 bits per heavy atom. The molecule has 4 heteroatoms. The number of aliphatic hydroxyl groups is 1. The maximum Gasteiger partial charge on any atom is 0.280 e. The molecule has 0 aromatic carbocycles. The predicted octanol–water partition coefficient (Wildman–Crippen LogP) is 1.51. The van der Waals surface area contributed by atoms with Gasteiger partial charge in [-0.1, -0.05) is 6.07 Å². The summed E-state index contributed by atoms with van der Waals surface area (Å²) in [4.78, 5) is 3.44. The molecule has 0 spiro atoms. The van der Waals surface area contributed by atoms with Gasteiger partial charge in [-0.15, -0.1) is 0 Å². The third-order valence-corrected chi connectivity index (χ3v) is 1.25. The molecule has 0 saturated heterocycles. The Balaban J connectivity index is 2.83. The summed E-state index contributed by atoms with van der Waals surface area (Å²) in [5.74, 6) is 0. The molecular weight excluding hydrogens is 152 g/mol. The average Bonchev–Trinajstić information content (AvgIpc) is 2.05. The summed E-state index contributed by atoms with van der Waals surface area (Å²) in [5, 5.41) is 8.54. The van der Waals surface area contributed by atoms with Crippen LogP contribution in [0.1, 0.15) is 17.7 Å². The van der Waals surface area contributed by atoms with Gasteiger partial charge in [0, 0.05) is 6.20 Å². The molecule has 11 heavy (non-hydrogen) atoms. The SMILES string of the molecule is OCc1ccc(C(F)F)nc1. The van der Waals surface area contributed by atoms with Crippen molar-refractivity contribution in [2.24, 2.45) is 0 Å². The van der Waals surface area contributed by atoms with Crippen LogP contribution in [0.25, 0.3) is 0 Å². The molecule has 2 nitrogen and oxygen atoms in total. The molecule has 0 aliphatic heterocycles. The van der Waals surface area contributed by atoms with Gasteiger partial charge in [0.2, 0.25) is 0 Å². The number of halogens is 2. The van der Waals surface area contributed by atoms with E-state index in [2.05, 4.69) is 4.98 Å². The standard InChI is InChI=1S/C7H7F2NO/c8-7(9)6-2-1-5(4-11)3-10-6/h1-3,7,11H,4H2. The van der Waals surface area contributed by atoms with E-state index in [4.69, 9.17) is 5.11 Å². The van der Waals surface area contributed by atoms with Crippen LogP contribution < -0.4 is 0 Å². The molecule has 1 heterocycles. The normalized spacial score (nSPS) is 10.5. The van der Waals surface area contributed by atoms with Gasteiger partial charge in [0.25, 0.3) is 6.43 Å². The van der Waals surface area contributed by atoms with E-state index in [1.165, 1.54) is 18.3 Å². The Kier molecular flexibility index (Phi) is 2.48. The lowest BCUT2D eigenvalue weighted by molar-refractivity contribution is 0.146. The van der Waals surface area contributed by atoms with Crippen LogP contribution in [0.2, 0.25) is 0 Å². The highest BCUT2D eigenvalue weighted by Crippen LogP contribution is 2.15. The fourth-order valence-electron chi connectivity index (χ4n) is 0.659. The molecule has 0 aliphatic rings. The van der Waals surface area contributed by atoms with Gasteiger partial charge >= 0.3 is 0 Å². The van der Waals surface area contributed by atoms with Gasteiger partial charge in [0.1, 0.15) is 5.69 Å². The maximum absolute atomic E-state index is 11.9. The Labute approximate surface area is 62.5 Å². The van der Waals surface area contributed by atoms with Crippen molar-refractivity contribution in [1.82, 2.24) is 4.98 Å². The van der Waals surface area contributed by atoms with Crippen LogP contribution >= 0.6 is 0 Å². The molecular formula is C7H7F2NO. The molecule has 0 fully saturated rings. The van der Waals surface area contributed by atoms with Crippen LogP contribution in [-0.4, -0.2) is 10.1 Å². The van der Waals surface area contributed by atoms with Gasteiger partial charge in [-0.3, -0.25) is 4.98 Å². The van der Waals surface area contributed by atoms with E-state index in [0.717, 1.165) is 0 Å². The highest BCUT2D eigenvalue weighted by Gasteiger charge is 2.06. The van der Waals surface area contributed by atoms with E-state index in [0.29, 0.717) is 5.56 Å². The molecule has 0 atom stereocenters. The largest absolute Gasteiger partial charge is 0.392 e. The zero-order valence-electron chi connectivity index (χ0n) is 5.67. The van der Waals surface area contributed by atoms with Crippen molar-refractivity contribution in [3.63, 3.8) is 0 Å². The maximum atomic E-state index is 11.9. The fraction of sp³-hybridized carbons (Fsp3) is 0.286. The van der Waals surface area contributed by atoms with Crippen LogP contribution in [0.3, 0.4) is 0 Å². The summed E-state index contributed by atoms with van der Waals surface area (Å²) >= 11 is 0. The second-order valence-electron chi connectivity index (χ2n) is 2.05. The highest BCUT2D eigenvalue weighted by molar-refractivity contribution is 5.13. The monoisotopic (exact) mass is 159 g/mol. The minimum absolute atomic E-state index is 0.170. The zero-order valence-corrected chi connectivity index (χ0v) is 5.67. The summed E-state index contributed by atoms with van der Waals surface area (Å²) in [6.45, 7) is -0.170. The number of nitrogens with zero attached hydrogens (tertiary/aromatic N) is 1. The minimum Gasteiger partial charge on any atom is -0.392 e. The van der Waals surface area contributed by atoms with Crippen molar-refractivity contribution in [1.29, 1.82) is 0 Å². The minimum atomic E-state index is -2.54. The lowest BCUT2D eigenvalue weighted by atomic mass is 10.3. The molecule has 0 amide bonds. The number of alkyl halides is 2. The first kappa shape index (κ1) is 8.07. The topological polar surface area (TPSA) is 33.1 Å². The van der Waals surface area contributed by atoms with E-state index < -0.39 is 6.43 Å². The predicted molar refractivity (Wildman–Crippen MR) is 35.1 cm³/mol.